The smallest absolute Gasteiger partial charge is 0.128 e. The molecule has 0 saturated carbocycles. The average Bonchev–Trinajstić information content (AvgIpc) is 2.72. The van der Waals surface area contributed by atoms with Crippen LogP contribution in [0.3, 0.4) is 0 Å². The Morgan fingerprint density at radius 3 is 2.93 bits per heavy atom. The van der Waals surface area contributed by atoms with E-state index in [2.05, 4.69) is 28.7 Å². The quantitative estimate of drug-likeness (QED) is 0.696. The summed E-state index contributed by atoms with van der Waals surface area (Å²) in [5.41, 5.74) is 0. The molecule has 0 saturated heterocycles. The van der Waals surface area contributed by atoms with Crippen molar-refractivity contribution in [2.45, 2.75) is 32.9 Å². The monoisotopic (exact) mass is 211 g/mol. The number of aromatic nitrogens is 2. The second kappa shape index (κ2) is 6.58. The minimum atomic E-state index is 0.187. The van der Waals surface area contributed by atoms with Gasteiger partial charge in [0.05, 0.1) is 12.6 Å². The molecule has 4 heteroatoms. The molecule has 0 aliphatic heterocycles. The molecule has 4 nitrogen and oxygen atoms in total. The number of aryl methyl sites for hydroxylation is 1. The number of rotatable bonds is 7. The molecule has 1 aromatic rings. The van der Waals surface area contributed by atoms with Crippen LogP contribution in [0, 0.1) is 0 Å². The van der Waals surface area contributed by atoms with Crippen LogP contribution in [0.15, 0.2) is 12.4 Å². The molecule has 86 valence electrons. The molecule has 1 N–H and O–H groups in total. The van der Waals surface area contributed by atoms with Gasteiger partial charge in [-0.05, 0) is 20.4 Å². The first-order valence-corrected chi connectivity index (χ1v) is 5.59. The molecule has 1 aromatic heterocycles. The summed E-state index contributed by atoms with van der Waals surface area (Å²) >= 11 is 0. The zero-order chi connectivity index (χ0) is 11.1. The minimum Gasteiger partial charge on any atom is -0.379 e. The van der Waals surface area contributed by atoms with E-state index in [0.717, 1.165) is 25.4 Å². The molecule has 0 spiro atoms. The largest absolute Gasteiger partial charge is 0.379 e. The van der Waals surface area contributed by atoms with Crippen molar-refractivity contribution in [3.63, 3.8) is 0 Å². The van der Waals surface area contributed by atoms with E-state index in [0.29, 0.717) is 6.61 Å². The van der Waals surface area contributed by atoms with Gasteiger partial charge >= 0.3 is 0 Å². The van der Waals surface area contributed by atoms with Gasteiger partial charge < -0.3 is 14.6 Å². The predicted molar refractivity (Wildman–Crippen MR) is 60.8 cm³/mol. The maximum atomic E-state index is 5.54. The lowest BCUT2D eigenvalue weighted by molar-refractivity contribution is 0.111. The first kappa shape index (κ1) is 12.2. The molecule has 0 amide bonds. The van der Waals surface area contributed by atoms with E-state index in [4.69, 9.17) is 4.74 Å². The van der Waals surface area contributed by atoms with Crippen molar-refractivity contribution in [1.29, 1.82) is 0 Å². The number of nitrogens with one attached hydrogen (secondary N) is 1. The molecule has 0 bridgehead atoms. The summed E-state index contributed by atoms with van der Waals surface area (Å²) in [6.45, 7) is 6.67. The summed E-state index contributed by atoms with van der Waals surface area (Å²) in [6.07, 6.45) is 4.89. The van der Waals surface area contributed by atoms with Gasteiger partial charge in [-0.1, -0.05) is 6.92 Å². The lowest BCUT2D eigenvalue weighted by atomic mass is 10.3. The Morgan fingerprint density at radius 1 is 1.53 bits per heavy atom. The Labute approximate surface area is 91.7 Å². The first-order chi connectivity index (χ1) is 7.33. The molecule has 0 aliphatic carbocycles. The van der Waals surface area contributed by atoms with Gasteiger partial charge in [-0.25, -0.2) is 4.98 Å². The maximum absolute atomic E-state index is 5.54. The molecule has 0 aliphatic rings. The molecule has 1 rings (SSSR count). The zero-order valence-corrected chi connectivity index (χ0v) is 9.86. The normalized spacial score (nSPS) is 13.0. The molecule has 0 radical (unpaired) electrons. The summed E-state index contributed by atoms with van der Waals surface area (Å²) in [6, 6.07) is 0.187. The zero-order valence-electron chi connectivity index (χ0n) is 9.86. The minimum absolute atomic E-state index is 0.187. The summed E-state index contributed by atoms with van der Waals surface area (Å²) in [5.74, 6) is 1.05. The second-order valence-electron chi connectivity index (χ2n) is 3.49. The van der Waals surface area contributed by atoms with Gasteiger partial charge in [-0.2, -0.15) is 0 Å². The fraction of sp³-hybridized carbons (Fsp3) is 0.727. The van der Waals surface area contributed by atoms with Crippen LogP contribution in [0.2, 0.25) is 0 Å². The summed E-state index contributed by atoms with van der Waals surface area (Å²) < 4.78 is 7.68. The fourth-order valence-corrected chi connectivity index (χ4v) is 1.53. The fourth-order valence-electron chi connectivity index (χ4n) is 1.53. The van der Waals surface area contributed by atoms with Crippen molar-refractivity contribution >= 4 is 0 Å². The third-order valence-corrected chi connectivity index (χ3v) is 2.38. The van der Waals surface area contributed by atoms with E-state index in [1.165, 1.54) is 0 Å². The number of hydrogen-bond donors (Lipinski definition) is 1. The van der Waals surface area contributed by atoms with Crippen LogP contribution in [0.5, 0.6) is 0 Å². The van der Waals surface area contributed by atoms with Crippen LogP contribution in [-0.4, -0.2) is 29.8 Å². The van der Waals surface area contributed by atoms with Gasteiger partial charge in [-0.3, -0.25) is 0 Å². The average molecular weight is 211 g/mol. The highest BCUT2D eigenvalue weighted by atomic mass is 16.5. The van der Waals surface area contributed by atoms with Crippen molar-refractivity contribution in [1.82, 2.24) is 14.9 Å². The van der Waals surface area contributed by atoms with E-state index in [1.807, 2.05) is 19.4 Å². The number of hydrogen-bond acceptors (Lipinski definition) is 3. The molecule has 1 unspecified atom stereocenters. The lowest BCUT2D eigenvalue weighted by Crippen LogP contribution is -2.25. The Balaban J connectivity index is 2.57. The van der Waals surface area contributed by atoms with Crippen molar-refractivity contribution in [2.24, 2.45) is 0 Å². The van der Waals surface area contributed by atoms with E-state index in [-0.39, 0.29) is 6.04 Å². The Kier molecular flexibility index (Phi) is 5.36. The summed E-state index contributed by atoms with van der Waals surface area (Å²) in [5, 5.41) is 3.23. The van der Waals surface area contributed by atoms with E-state index in [1.54, 1.807) is 0 Å². The topological polar surface area (TPSA) is 39.1 Å². The molecule has 1 atom stereocenters. The number of likely N-dealkylation sites (N-methyl/N-ethyl adjacent to an activating group) is 1. The first-order valence-electron chi connectivity index (χ1n) is 5.59. The van der Waals surface area contributed by atoms with Gasteiger partial charge in [0, 0.05) is 25.5 Å². The van der Waals surface area contributed by atoms with E-state index in [9.17, 15) is 0 Å². The van der Waals surface area contributed by atoms with Crippen LogP contribution < -0.4 is 5.32 Å². The van der Waals surface area contributed by atoms with Crippen LogP contribution in [0.1, 0.15) is 32.1 Å². The van der Waals surface area contributed by atoms with Crippen LogP contribution in [0.4, 0.5) is 0 Å². The van der Waals surface area contributed by atoms with Gasteiger partial charge in [0.25, 0.3) is 0 Å². The third-order valence-electron chi connectivity index (χ3n) is 2.38. The molecule has 1 heterocycles. The summed E-state index contributed by atoms with van der Waals surface area (Å²) in [7, 11) is 1.94. The molecule has 15 heavy (non-hydrogen) atoms. The molecular weight excluding hydrogens is 190 g/mol. The highest BCUT2D eigenvalue weighted by Gasteiger charge is 2.14. The highest BCUT2D eigenvalue weighted by molar-refractivity contribution is 4.99. The third kappa shape index (κ3) is 3.32. The Bertz CT molecular complexity index is 273. The lowest BCUT2D eigenvalue weighted by Gasteiger charge is -2.16. The number of ether oxygens (including phenoxy) is 1. The van der Waals surface area contributed by atoms with Gasteiger partial charge in [0.1, 0.15) is 5.82 Å². The van der Waals surface area contributed by atoms with Crippen molar-refractivity contribution in [3.05, 3.63) is 18.2 Å². The van der Waals surface area contributed by atoms with Crippen LogP contribution in [-0.2, 0) is 11.3 Å². The number of imidazole rings is 1. The molecule has 0 aromatic carbocycles. The molecule has 0 fully saturated rings. The maximum Gasteiger partial charge on any atom is 0.128 e. The van der Waals surface area contributed by atoms with E-state index >= 15 is 0 Å². The summed E-state index contributed by atoms with van der Waals surface area (Å²) in [4.78, 5) is 4.36. The van der Waals surface area contributed by atoms with Crippen molar-refractivity contribution in [2.75, 3.05) is 20.3 Å². The Hall–Kier alpha value is -0.870. The number of nitrogens with zero attached hydrogens (tertiary/aromatic N) is 2. The standard InChI is InChI=1S/C11H21N3O/c1-4-8-15-9-10(12-3)11-13-6-7-14(11)5-2/h6-7,10,12H,4-5,8-9H2,1-3H3. The highest BCUT2D eigenvalue weighted by Crippen LogP contribution is 2.10. The van der Waals surface area contributed by atoms with Crippen LogP contribution in [0.25, 0.3) is 0 Å². The predicted octanol–water partition coefficient (Wildman–Crippen LogP) is 1.59. The Morgan fingerprint density at radius 2 is 2.33 bits per heavy atom. The van der Waals surface area contributed by atoms with Gasteiger partial charge in [0.2, 0.25) is 0 Å². The van der Waals surface area contributed by atoms with Crippen molar-refractivity contribution in [3.8, 4) is 0 Å². The SMILES string of the molecule is CCCOCC(NC)c1nccn1CC. The van der Waals surface area contributed by atoms with E-state index < -0.39 is 0 Å². The van der Waals surface area contributed by atoms with Crippen molar-refractivity contribution < 1.29 is 4.74 Å². The van der Waals surface area contributed by atoms with Gasteiger partial charge in [0.15, 0.2) is 0 Å². The van der Waals surface area contributed by atoms with Crippen LogP contribution >= 0.6 is 0 Å². The molecular formula is C11H21N3O. The second-order valence-corrected chi connectivity index (χ2v) is 3.49. The van der Waals surface area contributed by atoms with Gasteiger partial charge in [-0.15, -0.1) is 0 Å².